The third-order valence-electron chi connectivity index (χ3n) is 4.29. The SMILES string of the molecule is C=CC(C)(C)c1ccc2n1C(=O)C1CCCN1C2=O. The number of carbonyl (C=O) groups is 2. The summed E-state index contributed by atoms with van der Waals surface area (Å²) in [5.41, 5.74) is 1.02. The van der Waals surface area contributed by atoms with Gasteiger partial charge in [-0.15, -0.1) is 6.58 Å². The molecule has 4 nitrogen and oxygen atoms in total. The van der Waals surface area contributed by atoms with Gasteiger partial charge in [-0.1, -0.05) is 19.9 Å². The summed E-state index contributed by atoms with van der Waals surface area (Å²) in [6, 6.07) is 3.36. The minimum atomic E-state index is -0.324. The van der Waals surface area contributed by atoms with Crippen LogP contribution in [0.3, 0.4) is 0 Å². The van der Waals surface area contributed by atoms with E-state index in [-0.39, 0.29) is 23.3 Å². The highest BCUT2D eigenvalue weighted by molar-refractivity contribution is 6.05. The van der Waals surface area contributed by atoms with E-state index in [0.717, 1.165) is 18.5 Å². The van der Waals surface area contributed by atoms with E-state index in [9.17, 15) is 9.59 Å². The molecule has 0 aromatic carbocycles. The first-order valence-corrected chi connectivity index (χ1v) is 6.68. The van der Waals surface area contributed by atoms with Crippen LogP contribution in [-0.4, -0.2) is 33.9 Å². The third-order valence-corrected chi connectivity index (χ3v) is 4.29. The fourth-order valence-corrected chi connectivity index (χ4v) is 3.01. The van der Waals surface area contributed by atoms with Gasteiger partial charge in [0.2, 0.25) is 0 Å². The Labute approximate surface area is 112 Å². The van der Waals surface area contributed by atoms with Crippen molar-refractivity contribution < 1.29 is 9.59 Å². The molecule has 19 heavy (non-hydrogen) atoms. The number of allylic oxidation sites excluding steroid dienone is 1. The lowest BCUT2D eigenvalue weighted by atomic mass is 9.89. The van der Waals surface area contributed by atoms with Crippen LogP contribution in [0.25, 0.3) is 0 Å². The summed E-state index contributed by atoms with van der Waals surface area (Å²) >= 11 is 0. The predicted molar refractivity (Wildman–Crippen MR) is 72.3 cm³/mol. The zero-order valence-electron chi connectivity index (χ0n) is 11.3. The first-order chi connectivity index (χ1) is 8.97. The van der Waals surface area contributed by atoms with Gasteiger partial charge in [-0.3, -0.25) is 14.2 Å². The summed E-state index contributed by atoms with van der Waals surface area (Å²) in [4.78, 5) is 26.7. The lowest BCUT2D eigenvalue weighted by Crippen LogP contribution is -2.49. The number of hydrogen-bond acceptors (Lipinski definition) is 2. The first-order valence-electron chi connectivity index (χ1n) is 6.68. The van der Waals surface area contributed by atoms with E-state index in [1.54, 1.807) is 15.5 Å². The maximum Gasteiger partial charge on any atom is 0.271 e. The number of aromatic nitrogens is 1. The number of fused-ring (bicyclic) bond motifs is 2. The number of hydrogen-bond donors (Lipinski definition) is 0. The van der Waals surface area contributed by atoms with Gasteiger partial charge >= 0.3 is 0 Å². The molecule has 1 atom stereocenters. The van der Waals surface area contributed by atoms with E-state index >= 15 is 0 Å². The molecule has 4 heteroatoms. The molecular formula is C15H18N2O2. The van der Waals surface area contributed by atoms with Crippen molar-refractivity contribution in [2.24, 2.45) is 0 Å². The van der Waals surface area contributed by atoms with E-state index in [2.05, 4.69) is 6.58 Å². The summed E-state index contributed by atoms with van der Waals surface area (Å²) in [5.74, 6) is 0.00948. The molecule has 1 fully saturated rings. The Morgan fingerprint density at radius 1 is 1.37 bits per heavy atom. The average Bonchev–Trinajstić information content (AvgIpc) is 3.02. The molecule has 1 aromatic rings. The van der Waals surface area contributed by atoms with Gasteiger partial charge in [0.15, 0.2) is 0 Å². The highest BCUT2D eigenvalue weighted by atomic mass is 16.2. The molecule has 1 aromatic heterocycles. The van der Waals surface area contributed by atoms with Crippen molar-refractivity contribution in [1.29, 1.82) is 0 Å². The molecule has 0 spiro atoms. The molecule has 2 aliphatic heterocycles. The second-order valence-electron chi connectivity index (χ2n) is 5.86. The summed E-state index contributed by atoms with van der Waals surface area (Å²) < 4.78 is 1.61. The molecule has 2 aliphatic rings. The maximum atomic E-state index is 12.6. The number of rotatable bonds is 2. The Balaban J connectivity index is 2.18. The smallest absolute Gasteiger partial charge is 0.271 e. The van der Waals surface area contributed by atoms with E-state index in [0.29, 0.717) is 12.2 Å². The van der Waals surface area contributed by atoms with Crippen LogP contribution in [0.15, 0.2) is 24.8 Å². The third kappa shape index (κ3) is 1.52. The molecule has 1 unspecified atom stereocenters. The highest BCUT2D eigenvalue weighted by Crippen LogP contribution is 2.33. The maximum absolute atomic E-state index is 12.6. The highest BCUT2D eigenvalue weighted by Gasteiger charge is 2.43. The Morgan fingerprint density at radius 2 is 2.11 bits per heavy atom. The lowest BCUT2D eigenvalue weighted by Gasteiger charge is -2.32. The monoisotopic (exact) mass is 258 g/mol. The van der Waals surface area contributed by atoms with Crippen LogP contribution in [0.5, 0.6) is 0 Å². The van der Waals surface area contributed by atoms with Gasteiger partial charge in [-0.2, -0.15) is 0 Å². The molecule has 0 saturated carbocycles. The zero-order chi connectivity index (χ0) is 13.8. The minimum Gasteiger partial charge on any atom is -0.325 e. The van der Waals surface area contributed by atoms with Gasteiger partial charge < -0.3 is 4.90 Å². The van der Waals surface area contributed by atoms with Crippen LogP contribution in [-0.2, 0) is 5.41 Å². The number of amides is 1. The van der Waals surface area contributed by atoms with Crippen molar-refractivity contribution in [3.05, 3.63) is 36.2 Å². The van der Waals surface area contributed by atoms with E-state index < -0.39 is 0 Å². The molecule has 100 valence electrons. The summed E-state index contributed by atoms with van der Waals surface area (Å²) in [5, 5.41) is 0. The quantitative estimate of drug-likeness (QED) is 0.763. The van der Waals surface area contributed by atoms with Gasteiger partial charge in [-0.05, 0) is 25.0 Å². The number of carbonyl (C=O) groups excluding carboxylic acids is 2. The summed E-state index contributed by atoms with van der Waals surface area (Å²) in [6.45, 7) is 8.53. The normalized spacial score (nSPS) is 22.4. The van der Waals surface area contributed by atoms with Crippen LogP contribution in [0.1, 0.15) is 47.7 Å². The Morgan fingerprint density at radius 3 is 2.79 bits per heavy atom. The van der Waals surface area contributed by atoms with E-state index in [1.165, 1.54) is 0 Å². The average molecular weight is 258 g/mol. The molecular weight excluding hydrogens is 240 g/mol. The second kappa shape index (κ2) is 3.83. The van der Waals surface area contributed by atoms with E-state index in [1.807, 2.05) is 26.0 Å². The minimum absolute atomic E-state index is 0.0202. The summed E-state index contributed by atoms with van der Waals surface area (Å²) in [7, 11) is 0. The molecule has 3 heterocycles. The van der Waals surface area contributed by atoms with Crippen LogP contribution in [0.2, 0.25) is 0 Å². The van der Waals surface area contributed by atoms with Gasteiger partial charge in [-0.25, -0.2) is 0 Å². The van der Waals surface area contributed by atoms with Crippen LogP contribution >= 0.6 is 0 Å². The zero-order valence-corrected chi connectivity index (χ0v) is 11.3. The van der Waals surface area contributed by atoms with Crippen LogP contribution in [0.4, 0.5) is 0 Å². The Hall–Kier alpha value is -1.84. The van der Waals surface area contributed by atoms with Gasteiger partial charge in [0.05, 0.1) is 0 Å². The molecule has 0 bridgehead atoms. The van der Waals surface area contributed by atoms with Crippen LogP contribution in [0, 0.1) is 0 Å². The summed E-state index contributed by atoms with van der Waals surface area (Å²) in [6.07, 6.45) is 3.50. The molecule has 3 rings (SSSR count). The first kappa shape index (κ1) is 12.2. The fourth-order valence-electron chi connectivity index (χ4n) is 3.01. The molecule has 1 amide bonds. The standard InChI is InChI=1S/C15H18N2O2/c1-4-15(2,3)12-8-7-11-13(18)16-9-5-6-10(16)14(19)17(11)12/h4,7-8,10H,1,5-6,9H2,2-3H3. The van der Waals surface area contributed by atoms with Gasteiger partial charge in [0.25, 0.3) is 11.8 Å². The van der Waals surface area contributed by atoms with Crippen molar-refractivity contribution in [3.63, 3.8) is 0 Å². The topological polar surface area (TPSA) is 42.3 Å². The fraction of sp³-hybridized carbons (Fsp3) is 0.467. The largest absolute Gasteiger partial charge is 0.325 e. The second-order valence-corrected chi connectivity index (χ2v) is 5.86. The Bertz CT molecular complexity index is 583. The van der Waals surface area contributed by atoms with Crippen molar-refractivity contribution >= 4 is 11.8 Å². The number of nitrogens with zero attached hydrogens (tertiary/aromatic N) is 2. The molecule has 0 N–H and O–H groups in total. The van der Waals surface area contributed by atoms with Gasteiger partial charge in [0, 0.05) is 17.7 Å². The Kier molecular flexibility index (Phi) is 2.46. The predicted octanol–water partition coefficient (Wildman–Crippen LogP) is 2.21. The molecule has 1 saturated heterocycles. The molecule has 0 aliphatic carbocycles. The lowest BCUT2D eigenvalue weighted by molar-refractivity contribution is 0.0564. The van der Waals surface area contributed by atoms with Crippen molar-refractivity contribution in [3.8, 4) is 0 Å². The van der Waals surface area contributed by atoms with Crippen molar-refractivity contribution in [2.75, 3.05) is 6.54 Å². The van der Waals surface area contributed by atoms with E-state index in [4.69, 9.17) is 0 Å². The molecule has 0 radical (unpaired) electrons. The van der Waals surface area contributed by atoms with Gasteiger partial charge in [0.1, 0.15) is 11.7 Å². The van der Waals surface area contributed by atoms with Crippen LogP contribution < -0.4 is 0 Å². The van der Waals surface area contributed by atoms with Crippen molar-refractivity contribution in [2.45, 2.75) is 38.1 Å². The van der Waals surface area contributed by atoms with Crippen molar-refractivity contribution in [1.82, 2.24) is 9.47 Å².